The first kappa shape index (κ1) is 15.4. The van der Waals surface area contributed by atoms with Crippen LogP contribution in [0.1, 0.15) is 45.7 Å². The Morgan fingerprint density at radius 1 is 1.05 bits per heavy atom. The van der Waals surface area contributed by atoms with Crippen molar-refractivity contribution >= 4 is 0 Å². The van der Waals surface area contributed by atoms with Gasteiger partial charge in [-0.2, -0.15) is 13.2 Å². The van der Waals surface area contributed by atoms with E-state index >= 15 is 0 Å². The van der Waals surface area contributed by atoms with Crippen LogP contribution in [0.2, 0.25) is 0 Å². The Hall–Kier alpha value is -1.03. The fourth-order valence-corrected chi connectivity index (χ4v) is 3.00. The fourth-order valence-electron chi connectivity index (χ4n) is 3.00. The molecule has 1 aliphatic carbocycles. The van der Waals surface area contributed by atoms with Gasteiger partial charge in [-0.25, -0.2) is 0 Å². The molecular weight excluding hydrogens is 263 g/mol. The topological polar surface area (TPSA) is 12.0 Å². The fraction of sp³-hybridized carbons (Fsp3) is 0.625. The van der Waals surface area contributed by atoms with Crippen molar-refractivity contribution < 1.29 is 13.2 Å². The van der Waals surface area contributed by atoms with Gasteiger partial charge >= 0.3 is 6.18 Å². The van der Waals surface area contributed by atoms with Gasteiger partial charge in [-0.15, -0.1) is 0 Å². The Balaban J connectivity index is 2.17. The lowest BCUT2D eigenvalue weighted by Gasteiger charge is -2.22. The predicted molar refractivity (Wildman–Crippen MR) is 74.3 cm³/mol. The number of hydrogen-bond acceptors (Lipinski definition) is 1. The van der Waals surface area contributed by atoms with Crippen LogP contribution in [-0.4, -0.2) is 12.2 Å². The lowest BCUT2D eigenvalue weighted by Crippen LogP contribution is -2.31. The monoisotopic (exact) mass is 285 g/mol. The molecule has 1 aliphatic rings. The maximum absolute atomic E-state index is 12.8. The summed E-state index contributed by atoms with van der Waals surface area (Å²) in [7, 11) is 0. The molecule has 0 heterocycles. The van der Waals surface area contributed by atoms with Crippen molar-refractivity contribution in [2.45, 2.75) is 52.4 Å². The molecule has 0 saturated heterocycles. The largest absolute Gasteiger partial charge is 0.390 e. The van der Waals surface area contributed by atoms with Gasteiger partial charge in [0.05, 0.1) is 6.42 Å². The van der Waals surface area contributed by atoms with E-state index in [1.54, 1.807) is 24.3 Å². The van der Waals surface area contributed by atoms with Gasteiger partial charge in [-0.05, 0) is 16.4 Å². The first-order valence-corrected chi connectivity index (χ1v) is 6.93. The molecule has 2 rings (SSSR count). The van der Waals surface area contributed by atoms with E-state index in [1.807, 2.05) is 6.07 Å². The Bertz CT molecular complexity index is 448. The Labute approximate surface area is 118 Å². The number of benzene rings is 1. The molecule has 1 N–H and O–H groups in total. The number of rotatable bonds is 4. The lowest BCUT2D eigenvalue weighted by atomic mass is 10.0. The number of hydrogen-bond donors (Lipinski definition) is 1. The Morgan fingerprint density at radius 2 is 1.55 bits per heavy atom. The SMILES string of the molecule is CC1(C)C(NC(CC(F)(F)F)c2ccccc2)C1(C)C. The highest BCUT2D eigenvalue weighted by atomic mass is 19.4. The molecule has 4 heteroatoms. The van der Waals surface area contributed by atoms with E-state index in [2.05, 4.69) is 33.0 Å². The van der Waals surface area contributed by atoms with Gasteiger partial charge in [0, 0.05) is 12.1 Å². The summed E-state index contributed by atoms with van der Waals surface area (Å²) in [5.74, 6) is 0. The summed E-state index contributed by atoms with van der Waals surface area (Å²) in [4.78, 5) is 0. The zero-order valence-corrected chi connectivity index (χ0v) is 12.4. The third-order valence-corrected chi connectivity index (χ3v) is 5.03. The van der Waals surface area contributed by atoms with Crippen molar-refractivity contribution in [2.24, 2.45) is 10.8 Å². The summed E-state index contributed by atoms with van der Waals surface area (Å²) in [5, 5.41) is 3.22. The van der Waals surface area contributed by atoms with E-state index in [0.717, 1.165) is 0 Å². The van der Waals surface area contributed by atoms with Crippen molar-refractivity contribution in [1.82, 2.24) is 5.32 Å². The first-order valence-electron chi connectivity index (χ1n) is 6.93. The van der Waals surface area contributed by atoms with Gasteiger partial charge in [0.25, 0.3) is 0 Å². The number of alkyl halides is 3. The molecule has 1 aromatic rings. The zero-order valence-electron chi connectivity index (χ0n) is 12.4. The van der Waals surface area contributed by atoms with Crippen molar-refractivity contribution in [3.63, 3.8) is 0 Å². The predicted octanol–water partition coefficient (Wildman–Crippen LogP) is 4.70. The third-order valence-electron chi connectivity index (χ3n) is 5.03. The van der Waals surface area contributed by atoms with E-state index in [-0.39, 0.29) is 16.9 Å². The molecule has 1 unspecified atom stereocenters. The molecule has 112 valence electrons. The number of halogens is 3. The van der Waals surface area contributed by atoms with Crippen molar-refractivity contribution in [2.75, 3.05) is 0 Å². The molecule has 1 nitrogen and oxygen atoms in total. The van der Waals surface area contributed by atoms with Gasteiger partial charge in [0.15, 0.2) is 0 Å². The minimum Gasteiger partial charge on any atom is -0.306 e. The van der Waals surface area contributed by atoms with Crippen molar-refractivity contribution in [3.8, 4) is 0 Å². The lowest BCUT2D eigenvalue weighted by molar-refractivity contribution is -0.140. The molecule has 0 bridgehead atoms. The van der Waals surface area contributed by atoms with Crippen LogP contribution in [0.15, 0.2) is 30.3 Å². The number of nitrogens with one attached hydrogen (secondary N) is 1. The van der Waals surface area contributed by atoms with Gasteiger partial charge < -0.3 is 5.32 Å². The average Bonchev–Trinajstić information content (AvgIpc) is 2.70. The van der Waals surface area contributed by atoms with Gasteiger partial charge in [-0.3, -0.25) is 0 Å². The highest BCUT2D eigenvalue weighted by Crippen LogP contribution is 2.63. The molecule has 1 atom stereocenters. The molecule has 0 spiro atoms. The highest BCUT2D eigenvalue weighted by Gasteiger charge is 2.65. The molecule has 0 radical (unpaired) electrons. The van der Waals surface area contributed by atoms with Crippen LogP contribution in [0, 0.1) is 10.8 Å². The van der Waals surface area contributed by atoms with Crippen LogP contribution in [-0.2, 0) is 0 Å². The zero-order chi connectivity index (χ0) is 15.2. The van der Waals surface area contributed by atoms with E-state index in [0.29, 0.717) is 5.56 Å². The normalized spacial score (nSPS) is 22.6. The van der Waals surface area contributed by atoms with E-state index in [4.69, 9.17) is 0 Å². The summed E-state index contributed by atoms with van der Waals surface area (Å²) in [5.41, 5.74) is 0.736. The summed E-state index contributed by atoms with van der Waals surface area (Å²) >= 11 is 0. The minimum absolute atomic E-state index is 0.0195. The Kier molecular flexibility index (Phi) is 3.66. The molecule has 1 aromatic carbocycles. The second-order valence-electron chi connectivity index (χ2n) is 6.83. The highest BCUT2D eigenvalue weighted by molar-refractivity contribution is 5.23. The molecule has 0 aliphatic heterocycles. The van der Waals surface area contributed by atoms with Crippen molar-refractivity contribution in [1.29, 1.82) is 0 Å². The second kappa shape index (κ2) is 4.76. The van der Waals surface area contributed by atoms with Crippen LogP contribution in [0.5, 0.6) is 0 Å². The molecule has 20 heavy (non-hydrogen) atoms. The van der Waals surface area contributed by atoms with E-state index in [1.165, 1.54) is 0 Å². The standard InChI is InChI=1S/C16H22F3N/c1-14(2)13(15(14,3)4)20-12(10-16(17,18)19)11-8-6-5-7-9-11/h5-9,12-13,20H,10H2,1-4H3. The summed E-state index contributed by atoms with van der Waals surface area (Å²) in [6.45, 7) is 8.39. The summed E-state index contributed by atoms with van der Waals surface area (Å²) in [6.07, 6.45) is -5.00. The van der Waals surface area contributed by atoms with E-state index in [9.17, 15) is 13.2 Å². The maximum atomic E-state index is 12.8. The van der Waals surface area contributed by atoms with Crippen LogP contribution in [0.4, 0.5) is 13.2 Å². The van der Waals surface area contributed by atoms with Crippen LogP contribution in [0.25, 0.3) is 0 Å². The maximum Gasteiger partial charge on any atom is 0.390 e. The van der Waals surface area contributed by atoms with Gasteiger partial charge in [-0.1, -0.05) is 58.0 Å². The van der Waals surface area contributed by atoms with Crippen LogP contribution < -0.4 is 5.32 Å². The smallest absolute Gasteiger partial charge is 0.306 e. The third kappa shape index (κ3) is 2.85. The molecule has 1 fully saturated rings. The second-order valence-corrected chi connectivity index (χ2v) is 6.83. The van der Waals surface area contributed by atoms with Crippen molar-refractivity contribution in [3.05, 3.63) is 35.9 Å². The quantitative estimate of drug-likeness (QED) is 0.845. The van der Waals surface area contributed by atoms with Crippen LogP contribution in [0.3, 0.4) is 0 Å². The summed E-state index contributed by atoms with van der Waals surface area (Å²) < 4.78 is 38.4. The molecule has 1 saturated carbocycles. The molecule has 0 amide bonds. The average molecular weight is 285 g/mol. The Morgan fingerprint density at radius 3 is 1.95 bits per heavy atom. The summed E-state index contributed by atoms with van der Waals surface area (Å²) in [6, 6.07) is 8.31. The minimum atomic E-state index is -4.17. The first-order chi connectivity index (χ1) is 9.06. The molecular formula is C16H22F3N. The molecule has 0 aromatic heterocycles. The van der Waals surface area contributed by atoms with Gasteiger partial charge in [0.2, 0.25) is 0 Å². The van der Waals surface area contributed by atoms with E-state index < -0.39 is 18.6 Å². The van der Waals surface area contributed by atoms with Gasteiger partial charge in [0.1, 0.15) is 0 Å². The van der Waals surface area contributed by atoms with Crippen LogP contribution >= 0.6 is 0 Å².